The van der Waals surface area contributed by atoms with E-state index in [4.69, 9.17) is 0 Å². The van der Waals surface area contributed by atoms with Gasteiger partial charge in [-0.1, -0.05) is 31.7 Å². The highest BCUT2D eigenvalue weighted by atomic mass is 32.2. The van der Waals surface area contributed by atoms with Crippen LogP contribution < -0.4 is 10.9 Å². The van der Waals surface area contributed by atoms with Crippen molar-refractivity contribution in [3.05, 3.63) is 33.4 Å². The highest BCUT2D eigenvalue weighted by Gasteiger charge is 2.17. The van der Waals surface area contributed by atoms with Gasteiger partial charge in [0, 0.05) is 17.5 Å². The molecule has 0 saturated heterocycles. The van der Waals surface area contributed by atoms with Gasteiger partial charge in [-0.2, -0.15) is 0 Å². The van der Waals surface area contributed by atoms with Crippen LogP contribution in [0.15, 0.2) is 22.6 Å². The van der Waals surface area contributed by atoms with Crippen molar-refractivity contribution in [2.45, 2.75) is 65.2 Å². The van der Waals surface area contributed by atoms with Crippen LogP contribution in [0.5, 0.6) is 0 Å². The number of carbonyl (C=O) groups excluding carboxylic acids is 1. The number of carbonyl (C=O) groups is 1. The largest absolute Gasteiger partial charge is 0.353 e. The smallest absolute Gasteiger partial charge is 0.263 e. The van der Waals surface area contributed by atoms with Gasteiger partial charge in [-0.3, -0.25) is 14.2 Å². The molecule has 0 radical (unpaired) electrons. The maximum Gasteiger partial charge on any atom is 0.263 e. The van der Waals surface area contributed by atoms with Crippen molar-refractivity contribution in [3.63, 3.8) is 0 Å². The molecule has 0 unspecified atom stereocenters. The van der Waals surface area contributed by atoms with Gasteiger partial charge in [-0.15, -0.1) is 17.9 Å². The van der Waals surface area contributed by atoms with Crippen LogP contribution in [0.25, 0.3) is 10.2 Å². The number of allylic oxidation sites excluding steroid dienone is 1. The van der Waals surface area contributed by atoms with E-state index < -0.39 is 0 Å². The Bertz CT molecular complexity index is 883. The molecule has 2 aromatic heterocycles. The van der Waals surface area contributed by atoms with Gasteiger partial charge in [0.05, 0.1) is 11.1 Å². The first-order chi connectivity index (χ1) is 12.7. The van der Waals surface area contributed by atoms with Crippen LogP contribution >= 0.6 is 23.1 Å². The number of nitrogens with zero attached hydrogens (tertiary/aromatic N) is 2. The van der Waals surface area contributed by atoms with E-state index in [0.29, 0.717) is 23.0 Å². The molecule has 0 saturated carbocycles. The lowest BCUT2D eigenvalue weighted by molar-refractivity contribution is -0.119. The Morgan fingerprint density at radius 3 is 2.67 bits per heavy atom. The van der Waals surface area contributed by atoms with Gasteiger partial charge in [-0.25, -0.2) is 4.98 Å². The molecular formula is C20H29N3O2S2. The van der Waals surface area contributed by atoms with E-state index >= 15 is 0 Å². The standard InChI is InChI=1S/C20H29N3O2S2/c1-7-10-23-19(25)17-14(5)15(6)27-18(17)22-20(23)26-11-16(24)21-13(4)9-8-12(2)3/h7,12-13H,1,8-11H2,2-6H3,(H,21,24)/t13-/m0/s1. The number of thioether (sulfide) groups is 1. The molecular weight excluding hydrogens is 378 g/mol. The summed E-state index contributed by atoms with van der Waals surface area (Å²) in [4.78, 5) is 31.7. The number of amides is 1. The molecule has 0 fully saturated rings. The van der Waals surface area contributed by atoms with E-state index in [1.54, 1.807) is 10.6 Å². The molecule has 1 N–H and O–H groups in total. The average Bonchev–Trinajstić information content (AvgIpc) is 2.88. The monoisotopic (exact) mass is 407 g/mol. The van der Waals surface area contributed by atoms with E-state index in [9.17, 15) is 9.59 Å². The van der Waals surface area contributed by atoms with Gasteiger partial charge in [0.2, 0.25) is 5.91 Å². The molecule has 0 aliphatic heterocycles. The van der Waals surface area contributed by atoms with Gasteiger partial charge in [0.15, 0.2) is 5.16 Å². The van der Waals surface area contributed by atoms with Crippen LogP contribution in [0.3, 0.4) is 0 Å². The normalized spacial score (nSPS) is 12.5. The second kappa shape index (κ2) is 9.55. The molecule has 0 aliphatic rings. The maximum atomic E-state index is 12.9. The number of thiophene rings is 1. The second-order valence-electron chi connectivity index (χ2n) is 7.29. The van der Waals surface area contributed by atoms with Crippen molar-refractivity contribution < 1.29 is 4.79 Å². The lowest BCUT2D eigenvalue weighted by Crippen LogP contribution is -2.34. The Morgan fingerprint density at radius 2 is 2.04 bits per heavy atom. The first kappa shape index (κ1) is 21.7. The maximum absolute atomic E-state index is 12.9. The minimum atomic E-state index is -0.0602. The van der Waals surface area contributed by atoms with Crippen LogP contribution in [0.2, 0.25) is 0 Å². The van der Waals surface area contributed by atoms with Gasteiger partial charge < -0.3 is 5.32 Å². The summed E-state index contributed by atoms with van der Waals surface area (Å²) in [7, 11) is 0. The van der Waals surface area contributed by atoms with Gasteiger partial charge in [-0.05, 0) is 45.1 Å². The molecule has 27 heavy (non-hydrogen) atoms. The molecule has 0 aliphatic carbocycles. The van der Waals surface area contributed by atoms with Crippen molar-refractivity contribution in [3.8, 4) is 0 Å². The Kier molecular flexibility index (Phi) is 7.68. The number of hydrogen-bond acceptors (Lipinski definition) is 5. The average molecular weight is 408 g/mol. The van der Waals surface area contributed by atoms with Crippen molar-refractivity contribution in [1.29, 1.82) is 0 Å². The molecule has 1 amide bonds. The molecule has 7 heteroatoms. The lowest BCUT2D eigenvalue weighted by Gasteiger charge is -2.15. The van der Waals surface area contributed by atoms with Crippen molar-refractivity contribution in [2.24, 2.45) is 5.92 Å². The van der Waals surface area contributed by atoms with Gasteiger partial charge >= 0.3 is 0 Å². The van der Waals surface area contributed by atoms with E-state index in [1.165, 1.54) is 23.1 Å². The zero-order valence-corrected chi connectivity index (χ0v) is 18.4. The fourth-order valence-electron chi connectivity index (χ4n) is 2.81. The van der Waals surface area contributed by atoms with Gasteiger partial charge in [0.1, 0.15) is 4.83 Å². The van der Waals surface area contributed by atoms with E-state index in [-0.39, 0.29) is 23.3 Å². The van der Waals surface area contributed by atoms with E-state index in [2.05, 4.69) is 30.7 Å². The van der Waals surface area contributed by atoms with Crippen LogP contribution in [0.1, 0.15) is 44.1 Å². The molecule has 0 bridgehead atoms. The molecule has 2 aromatic rings. The van der Waals surface area contributed by atoms with Crippen LogP contribution in [0, 0.1) is 19.8 Å². The Morgan fingerprint density at radius 1 is 1.33 bits per heavy atom. The molecule has 148 valence electrons. The van der Waals surface area contributed by atoms with Crippen LogP contribution in [-0.2, 0) is 11.3 Å². The summed E-state index contributed by atoms with van der Waals surface area (Å²) in [6.45, 7) is 14.5. The molecule has 2 rings (SSSR count). The van der Waals surface area contributed by atoms with Crippen LogP contribution in [0.4, 0.5) is 0 Å². The SMILES string of the molecule is C=CCn1c(SCC(=O)N[C@@H](C)CCC(C)C)nc2sc(C)c(C)c2c1=O. The molecule has 1 atom stereocenters. The first-order valence-corrected chi connectivity index (χ1v) is 11.1. The number of aryl methyl sites for hydroxylation is 2. The minimum absolute atomic E-state index is 0.0331. The third kappa shape index (κ3) is 5.45. The van der Waals surface area contributed by atoms with Crippen molar-refractivity contribution in [2.75, 3.05) is 5.75 Å². The zero-order valence-electron chi connectivity index (χ0n) is 16.8. The summed E-state index contributed by atoms with van der Waals surface area (Å²) < 4.78 is 1.61. The number of fused-ring (bicyclic) bond motifs is 1. The summed E-state index contributed by atoms with van der Waals surface area (Å²) in [5, 5.41) is 4.27. The van der Waals surface area contributed by atoms with Gasteiger partial charge in [0.25, 0.3) is 5.56 Å². The Hall–Kier alpha value is -1.60. The summed E-state index contributed by atoms with van der Waals surface area (Å²) in [6.07, 6.45) is 3.73. The summed E-state index contributed by atoms with van der Waals surface area (Å²) in [6, 6.07) is 0.147. The zero-order chi connectivity index (χ0) is 20.1. The molecule has 0 spiro atoms. The number of hydrogen-bond donors (Lipinski definition) is 1. The fraction of sp³-hybridized carbons (Fsp3) is 0.550. The fourth-order valence-corrected chi connectivity index (χ4v) is 4.70. The number of aromatic nitrogens is 2. The van der Waals surface area contributed by atoms with Crippen molar-refractivity contribution >= 4 is 39.2 Å². The topological polar surface area (TPSA) is 64.0 Å². The number of nitrogens with one attached hydrogen (secondary N) is 1. The third-order valence-electron chi connectivity index (χ3n) is 4.48. The Balaban J connectivity index is 2.16. The highest BCUT2D eigenvalue weighted by Crippen LogP contribution is 2.28. The lowest BCUT2D eigenvalue weighted by atomic mass is 10.0. The quantitative estimate of drug-likeness (QED) is 0.382. The summed E-state index contributed by atoms with van der Waals surface area (Å²) in [5.41, 5.74) is 0.925. The summed E-state index contributed by atoms with van der Waals surface area (Å²) >= 11 is 2.83. The predicted molar refractivity (Wildman–Crippen MR) is 116 cm³/mol. The minimum Gasteiger partial charge on any atom is -0.353 e. The Labute approximate surface area is 169 Å². The van der Waals surface area contributed by atoms with Crippen molar-refractivity contribution in [1.82, 2.24) is 14.9 Å². The predicted octanol–water partition coefficient (Wildman–Crippen LogP) is 4.29. The molecule has 5 nitrogen and oxygen atoms in total. The van der Waals surface area contributed by atoms with E-state index in [0.717, 1.165) is 28.1 Å². The third-order valence-corrected chi connectivity index (χ3v) is 6.56. The van der Waals surface area contributed by atoms with Crippen LogP contribution in [-0.4, -0.2) is 27.3 Å². The number of rotatable bonds is 9. The summed E-state index contributed by atoms with van der Waals surface area (Å²) in [5.74, 6) is 0.833. The van der Waals surface area contributed by atoms with E-state index in [1.807, 2.05) is 20.8 Å². The second-order valence-corrected chi connectivity index (χ2v) is 9.44. The highest BCUT2D eigenvalue weighted by molar-refractivity contribution is 7.99. The molecule has 2 heterocycles. The molecule has 0 aromatic carbocycles. The first-order valence-electron chi connectivity index (χ1n) is 9.28.